The number of amides is 1. The van der Waals surface area contributed by atoms with Crippen molar-refractivity contribution in [3.05, 3.63) is 63.5 Å². The number of nitrogens with one attached hydrogen (secondary N) is 1. The number of carbonyl (C=O) groups excluding carboxylic acids is 1. The third-order valence-corrected chi connectivity index (χ3v) is 6.36. The van der Waals surface area contributed by atoms with E-state index in [-0.39, 0.29) is 24.3 Å². The second-order valence-corrected chi connectivity index (χ2v) is 8.85. The highest BCUT2D eigenvalue weighted by molar-refractivity contribution is 9.10. The number of anilines is 1. The molecule has 4 rings (SSSR count). The van der Waals surface area contributed by atoms with Gasteiger partial charge in [-0.05, 0) is 24.6 Å². The number of aryl methyl sites for hydroxylation is 1. The Labute approximate surface area is 191 Å². The van der Waals surface area contributed by atoms with Gasteiger partial charge >= 0.3 is 6.18 Å². The largest absolute Gasteiger partial charge is 0.410 e. The van der Waals surface area contributed by atoms with Crippen molar-refractivity contribution in [2.24, 2.45) is 7.05 Å². The number of nitrogens with zero attached hydrogens (tertiary/aromatic N) is 5. The van der Waals surface area contributed by atoms with Crippen LogP contribution in [0.3, 0.4) is 0 Å². The molecule has 1 N–H and O–H groups in total. The Hall–Kier alpha value is -2.82. The van der Waals surface area contributed by atoms with Gasteiger partial charge in [-0.1, -0.05) is 28.1 Å². The highest BCUT2D eigenvalue weighted by Crippen LogP contribution is 2.44. The summed E-state index contributed by atoms with van der Waals surface area (Å²) in [5.41, 5.74) is 2.57. The lowest BCUT2D eigenvalue weighted by molar-refractivity contribution is -0.173. The van der Waals surface area contributed by atoms with Crippen molar-refractivity contribution in [3.8, 4) is 0 Å². The van der Waals surface area contributed by atoms with Gasteiger partial charge in [-0.25, -0.2) is 4.68 Å². The predicted octanol–water partition coefficient (Wildman–Crippen LogP) is 4.62. The molecule has 0 aliphatic carbocycles. The van der Waals surface area contributed by atoms with Crippen LogP contribution in [-0.2, 0) is 13.6 Å². The lowest BCUT2D eigenvalue weighted by Crippen LogP contribution is -2.36. The maximum atomic E-state index is 13.9. The minimum absolute atomic E-state index is 0.0752. The summed E-state index contributed by atoms with van der Waals surface area (Å²) in [6.45, 7) is 2.17. The number of alkyl halides is 3. The maximum absolute atomic E-state index is 13.9. The molecular formula is C21H22BrF3N6O. The Bertz CT molecular complexity index is 1140. The van der Waals surface area contributed by atoms with Crippen LogP contribution in [0.4, 0.5) is 19.0 Å². The monoisotopic (exact) mass is 510 g/mol. The van der Waals surface area contributed by atoms with Crippen LogP contribution in [0.2, 0.25) is 0 Å². The van der Waals surface area contributed by atoms with Gasteiger partial charge in [0.15, 0.2) is 6.04 Å². The summed E-state index contributed by atoms with van der Waals surface area (Å²) in [5, 5.41) is 11.2. The molecule has 0 fully saturated rings. The molecule has 0 radical (unpaired) electrons. The highest BCUT2D eigenvalue weighted by atomic mass is 79.9. The van der Waals surface area contributed by atoms with Crippen LogP contribution in [-0.4, -0.2) is 43.6 Å². The molecule has 7 nitrogen and oxygen atoms in total. The lowest BCUT2D eigenvalue weighted by atomic mass is 9.96. The first-order chi connectivity index (χ1) is 15.1. The van der Waals surface area contributed by atoms with Gasteiger partial charge in [-0.2, -0.15) is 23.4 Å². The summed E-state index contributed by atoms with van der Waals surface area (Å²) < 4.78 is 45.0. The van der Waals surface area contributed by atoms with Gasteiger partial charge in [0, 0.05) is 42.8 Å². The van der Waals surface area contributed by atoms with Crippen molar-refractivity contribution in [1.29, 1.82) is 0 Å². The molecule has 1 aliphatic heterocycles. The summed E-state index contributed by atoms with van der Waals surface area (Å²) >= 11 is 3.34. The Morgan fingerprint density at radius 3 is 2.53 bits per heavy atom. The first kappa shape index (κ1) is 22.4. The molecule has 0 saturated heterocycles. The van der Waals surface area contributed by atoms with Crippen LogP contribution in [0.15, 0.2) is 41.1 Å². The van der Waals surface area contributed by atoms with Crippen molar-refractivity contribution < 1.29 is 18.0 Å². The van der Waals surface area contributed by atoms with E-state index in [1.807, 2.05) is 6.92 Å². The van der Waals surface area contributed by atoms with E-state index < -0.39 is 24.2 Å². The molecule has 3 heterocycles. The van der Waals surface area contributed by atoms with Gasteiger partial charge in [0.05, 0.1) is 18.4 Å². The number of fused-ring (bicyclic) bond motifs is 1. The second kappa shape index (κ2) is 8.27. The van der Waals surface area contributed by atoms with Crippen molar-refractivity contribution >= 4 is 27.7 Å². The Morgan fingerprint density at radius 2 is 1.94 bits per heavy atom. The summed E-state index contributed by atoms with van der Waals surface area (Å²) in [5.74, 6) is -0.342. The Balaban J connectivity index is 1.66. The zero-order valence-electron chi connectivity index (χ0n) is 17.7. The molecule has 1 aromatic carbocycles. The van der Waals surface area contributed by atoms with Crippen LogP contribution < -0.4 is 5.32 Å². The van der Waals surface area contributed by atoms with Crippen molar-refractivity contribution in [1.82, 2.24) is 24.5 Å². The predicted molar refractivity (Wildman–Crippen MR) is 116 cm³/mol. The molecule has 0 spiro atoms. The number of benzene rings is 1. The topological polar surface area (TPSA) is 68.0 Å². The normalized spacial score (nSPS) is 18.2. The molecule has 32 heavy (non-hydrogen) atoms. The zero-order valence-corrected chi connectivity index (χ0v) is 19.3. The fourth-order valence-electron chi connectivity index (χ4n) is 3.87. The maximum Gasteiger partial charge on any atom is 0.410 e. The van der Waals surface area contributed by atoms with Crippen LogP contribution in [0.25, 0.3) is 0 Å². The third-order valence-electron chi connectivity index (χ3n) is 5.83. The van der Waals surface area contributed by atoms with E-state index >= 15 is 0 Å². The smallest absolute Gasteiger partial charge is 0.363 e. The number of hydrogen-bond acceptors (Lipinski definition) is 4. The van der Waals surface area contributed by atoms with Gasteiger partial charge in [0.1, 0.15) is 11.4 Å². The van der Waals surface area contributed by atoms with Crippen molar-refractivity contribution in [2.75, 3.05) is 12.4 Å². The van der Waals surface area contributed by atoms with Gasteiger partial charge in [-0.3, -0.25) is 9.48 Å². The molecule has 170 valence electrons. The van der Waals surface area contributed by atoms with E-state index in [4.69, 9.17) is 0 Å². The molecule has 2 aromatic heterocycles. The number of rotatable bonds is 4. The van der Waals surface area contributed by atoms with E-state index in [1.54, 1.807) is 49.2 Å². The lowest BCUT2D eigenvalue weighted by Gasteiger charge is -2.34. The summed E-state index contributed by atoms with van der Waals surface area (Å²) in [6.07, 6.45) is -1.85. The first-order valence-electron chi connectivity index (χ1n) is 9.95. The van der Waals surface area contributed by atoms with Crippen LogP contribution in [0, 0.1) is 6.92 Å². The fourth-order valence-corrected chi connectivity index (χ4v) is 4.13. The molecular weight excluding hydrogens is 489 g/mol. The third kappa shape index (κ3) is 4.13. The molecule has 0 bridgehead atoms. The molecule has 1 aliphatic rings. The van der Waals surface area contributed by atoms with Gasteiger partial charge in [0.2, 0.25) is 0 Å². The number of halogens is 4. The minimum Gasteiger partial charge on any atom is -0.363 e. The quantitative estimate of drug-likeness (QED) is 0.556. The molecule has 0 unspecified atom stereocenters. The molecule has 3 aromatic rings. The summed E-state index contributed by atoms with van der Waals surface area (Å²) in [6, 6.07) is 4.64. The minimum atomic E-state index is -4.50. The van der Waals surface area contributed by atoms with Crippen LogP contribution in [0.5, 0.6) is 0 Å². The second-order valence-electron chi connectivity index (χ2n) is 7.93. The summed E-state index contributed by atoms with van der Waals surface area (Å²) in [7, 11) is 3.41. The Morgan fingerprint density at radius 1 is 1.25 bits per heavy atom. The standard InChI is InChI=1S/C21H22BrF3N6O/c1-12-14(9-26-30(12)3)11-29(2)20(32)16-10-27-31-18(21(23,24)25)8-17(28-19(16)31)13-4-6-15(22)7-5-13/h4-7,9-10,17-18,28H,8,11H2,1-3H3/t17-,18-/m0/s1. The molecule has 0 saturated carbocycles. The van der Waals surface area contributed by atoms with Crippen molar-refractivity contribution in [2.45, 2.75) is 38.1 Å². The average molecular weight is 511 g/mol. The van der Waals surface area contributed by atoms with Crippen molar-refractivity contribution in [3.63, 3.8) is 0 Å². The highest BCUT2D eigenvalue weighted by Gasteiger charge is 2.47. The molecule has 2 atom stereocenters. The van der Waals surface area contributed by atoms with E-state index in [1.165, 1.54) is 11.1 Å². The number of hydrogen-bond donors (Lipinski definition) is 1. The van der Waals surface area contributed by atoms with Crippen LogP contribution in [0.1, 0.15) is 45.7 Å². The van der Waals surface area contributed by atoms with E-state index in [9.17, 15) is 18.0 Å². The Kier molecular flexibility index (Phi) is 5.78. The SMILES string of the molecule is Cc1c(CN(C)C(=O)c2cnn3c2N[C@H](c2ccc(Br)cc2)C[C@H]3C(F)(F)F)cnn1C. The van der Waals surface area contributed by atoms with E-state index in [2.05, 4.69) is 31.4 Å². The van der Waals surface area contributed by atoms with Gasteiger partial charge in [-0.15, -0.1) is 0 Å². The summed E-state index contributed by atoms with van der Waals surface area (Å²) in [4.78, 5) is 14.6. The molecule has 11 heteroatoms. The van der Waals surface area contributed by atoms with E-state index in [0.29, 0.717) is 5.56 Å². The van der Waals surface area contributed by atoms with Gasteiger partial charge in [0.25, 0.3) is 5.91 Å². The van der Waals surface area contributed by atoms with E-state index in [0.717, 1.165) is 20.4 Å². The number of carbonyl (C=O) groups is 1. The van der Waals surface area contributed by atoms with Crippen LogP contribution >= 0.6 is 15.9 Å². The van der Waals surface area contributed by atoms with Gasteiger partial charge < -0.3 is 10.2 Å². The fraction of sp³-hybridized carbons (Fsp3) is 0.381. The molecule has 1 amide bonds. The first-order valence-corrected chi connectivity index (χ1v) is 10.7. The average Bonchev–Trinajstić information content (AvgIpc) is 3.30. The zero-order chi connectivity index (χ0) is 23.2. The number of aromatic nitrogens is 4.